The molecule has 2 aliphatic rings. The number of aromatic nitrogens is 2. The van der Waals surface area contributed by atoms with Gasteiger partial charge in [-0.2, -0.15) is 0 Å². The summed E-state index contributed by atoms with van der Waals surface area (Å²) in [6, 6.07) is 6.94. The molecule has 1 fully saturated rings. The average molecular weight is 363 g/mol. The molecule has 1 aromatic carbocycles. The molecule has 4 heterocycles. The second-order valence-corrected chi connectivity index (χ2v) is 7.56. The minimum atomic E-state index is 0.726. The molecular weight excluding hydrogens is 338 g/mol. The van der Waals surface area contributed by atoms with Gasteiger partial charge in [0.25, 0.3) is 0 Å². The van der Waals surface area contributed by atoms with E-state index >= 15 is 0 Å². The summed E-state index contributed by atoms with van der Waals surface area (Å²) in [7, 11) is 0. The van der Waals surface area contributed by atoms with Crippen molar-refractivity contribution in [2.45, 2.75) is 26.5 Å². The minimum absolute atomic E-state index is 0.726. The number of rotatable bonds is 3. The van der Waals surface area contributed by atoms with Crippen LogP contribution in [0.2, 0.25) is 0 Å². The molecular formula is C22H25N3O2. The van der Waals surface area contributed by atoms with Gasteiger partial charge in [-0.15, -0.1) is 0 Å². The van der Waals surface area contributed by atoms with E-state index in [0.29, 0.717) is 0 Å². The molecule has 0 atom stereocenters. The average Bonchev–Trinajstić information content (AvgIpc) is 3.09. The van der Waals surface area contributed by atoms with E-state index in [1.807, 2.05) is 12.4 Å². The maximum atomic E-state index is 5.77. The molecule has 0 saturated carbocycles. The molecule has 0 bridgehead atoms. The molecule has 1 N–H and O–H groups in total. The first-order chi connectivity index (χ1) is 13.3. The van der Waals surface area contributed by atoms with E-state index in [9.17, 15) is 0 Å². The Morgan fingerprint density at radius 2 is 1.96 bits per heavy atom. The molecule has 0 aliphatic carbocycles. The lowest BCUT2D eigenvalue weighted by Crippen LogP contribution is -2.36. The van der Waals surface area contributed by atoms with Gasteiger partial charge in [0.05, 0.1) is 26.4 Å². The van der Waals surface area contributed by atoms with Crippen LogP contribution in [0.5, 0.6) is 0 Å². The topological polar surface area (TPSA) is 50.4 Å². The monoisotopic (exact) mass is 363 g/mol. The van der Waals surface area contributed by atoms with Crippen molar-refractivity contribution in [1.29, 1.82) is 0 Å². The molecule has 3 aromatic rings. The van der Waals surface area contributed by atoms with Crippen LogP contribution in [0.3, 0.4) is 0 Å². The molecule has 0 amide bonds. The highest BCUT2D eigenvalue weighted by Gasteiger charge is 2.19. The summed E-state index contributed by atoms with van der Waals surface area (Å²) >= 11 is 0. The fourth-order valence-electron chi connectivity index (χ4n) is 4.16. The highest BCUT2D eigenvalue weighted by molar-refractivity contribution is 5.84. The van der Waals surface area contributed by atoms with E-state index < -0.39 is 0 Å². The van der Waals surface area contributed by atoms with Gasteiger partial charge in [0.15, 0.2) is 0 Å². The Bertz CT molecular complexity index is 973. The summed E-state index contributed by atoms with van der Waals surface area (Å²) in [4.78, 5) is 10.3. The number of ether oxygens (including phenoxy) is 2. The number of H-pyrrole nitrogens is 1. The van der Waals surface area contributed by atoms with Crippen LogP contribution in [-0.4, -0.2) is 47.8 Å². The number of pyridine rings is 1. The van der Waals surface area contributed by atoms with Gasteiger partial charge in [-0.3, -0.25) is 4.90 Å². The number of hydrogen-bond acceptors (Lipinski definition) is 4. The number of nitrogens with one attached hydrogen (secondary N) is 1. The highest BCUT2D eigenvalue weighted by atomic mass is 16.5. The zero-order valence-corrected chi connectivity index (χ0v) is 15.8. The van der Waals surface area contributed by atoms with Gasteiger partial charge in [0, 0.05) is 43.0 Å². The first kappa shape index (κ1) is 16.9. The summed E-state index contributed by atoms with van der Waals surface area (Å²) < 4.78 is 11.3. The van der Waals surface area contributed by atoms with Gasteiger partial charge in [-0.25, -0.2) is 4.98 Å². The lowest BCUT2D eigenvalue weighted by atomic mass is 9.92. The van der Waals surface area contributed by atoms with Gasteiger partial charge < -0.3 is 14.5 Å². The first-order valence-electron chi connectivity index (χ1n) is 9.74. The molecule has 2 aromatic heterocycles. The predicted molar refractivity (Wildman–Crippen MR) is 106 cm³/mol. The molecule has 0 unspecified atom stereocenters. The number of fused-ring (bicyclic) bond motifs is 2. The number of nitrogens with zero attached hydrogens (tertiary/aromatic N) is 2. The van der Waals surface area contributed by atoms with E-state index in [4.69, 9.17) is 9.47 Å². The Balaban J connectivity index is 1.56. The van der Waals surface area contributed by atoms with Crippen molar-refractivity contribution in [3.63, 3.8) is 0 Å². The molecule has 5 nitrogen and oxygen atoms in total. The van der Waals surface area contributed by atoms with Gasteiger partial charge >= 0.3 is 0 Å². The molecule has 1 saturated heterocycles. The number of morpholine rings is 1. The van der Waals surface area contributed by atoms with Crippen molar-refractivity contribution in [1.82, 2.24) is 14.9 Å². The first-order valence-corrected chi connectivity index (χ1v) is 9.74. The van der Waals surface area contributed by atoms with Gasteiger partial charge in [0.2, 0.25) is 0 Å². The van der Waals surface area contributed by atoms with E-state index in [-0.39, 0.29) is 0 Å². The molecule has 0 spiro atoms. The summed E-state index contributed by atoms with van der Waals surface area (Å²) in [5.74, 6) is 0. The quantitative estimate of drug-likeness (QED) is 0.774. The second kappa shape index (κ2) is 7.08. The third kappa shape index (κ3) is 3.27. The lowest BCUT2D eigenvalue weighted by molar-refractivity contribution is 0.0335. The fraction of sp³-hybridized carbons (Fsp3) is 0.409. The third-order valence-corrected chi connectivity index (χ3v) is 5.77. The third-order valence-electron chi connectivity index (χ3n) is 5.77. The van der Waals surface area contributed by atoms with E-state index in [0.717, 1.165) is 58.1 Å². The normalized spacial score (nSPS) is 18.0. The van der Waals surface area contributed by atoms with Crippen molar-refractivity contribution in [2.75, 3.05) is 32.9 Å². The Labute approximate surface area is 159 Å². The van der Waals surface area contributed by atoms with Gasteiger partial charge in [0.1, 0.15) is 5.65 Å². The van der Waals surface area contributed by atoms with E-state index in [1.165, 1.54) is 38.8 Å². The molecule has 5 heteroatoms. The number of benzene rings is 1. The van der Waals surface area contributed by atoms with Crippen LogP contribution < -0.4 is 0 Å². The van der Waals surface area contributed by atoms with Crippen LogP contribution in [0.25, 0.3) is 22.2 Å². The number of aryl methyl sites for hydroxylation is 1. The Hall–Kier alpha value is -2.21. The summed E-state index contributed by atoms with van der Waals surface area (Å²) in [6.07, 6.45) is 4.99. The molecule has 2 aliphatic heterocycles. The highest BCUT2D eigenvalue weighted by Crippen LogP contribution is 2.31. The SMILES string of the molecule is Cc1c[nH]c2ncc(-c3cc4c(c(CN5CCOCC5)c3)COCC4)cc12. The maximum Gasteiger partial charge on any atom is 0.137 e. The van der Waals surface area contributed by atoms with Crippen molar-refractivity contribution in [2.24, 2.45) is 0 Å². The Kier molecular flexibility index (Phi) is 4.44. The Morgan fingerprint density at radius 3 is 2.85 bits per heavy atom. The summed E-state index contributed by atoms with van der Waals surface area (Å²) in [5.41, 5.74) is 8.82. The molecule has 5 rings (SSSR count). The second-order valence-electron chi connectivity index (χ2n) is 7.56. The van der Waals surface area contributed by atoms with Crippen LogP contribution in [-0.2, 0) is 29.0 Å². The number of hydrogen-bond donors (Lipinski definition) is 1. The number of aromatic amines is 1. The van der Waals surface area contributed by atoms with Crippen molar-refractivity contribution in [3.8, 4) is 11.1 Å². The zero-order chi connectivity index (χ0) is 18.2. The fourth-order valence-corrected chi connectivity index (χ4v) is 4.16. The van der Waals surface area contributed by atoms with Crippen LogP contribution >= 0.6 is 0 Å². The molecule has 27 heavy (non-hydrogen) atoms. The van der Waals surface area contributed by atoms with Crippen molar-refractivity contribution < 1.29 is 9.47 Å². The van der Waals surface area contributed by atoms with E-state index in [1.54, 1.807) is 0 Å². The maximum absolute atomic E-state index is 5.77. The standard InChI is InChI=1S/C22H25N3O2/c1-15-11-23-22-20(15)10-18(12-24-22)17-8-16-2-5-27-14-21(16)19(9-17)13-25-3-6-26-7-4-25/h8-12H,2-7,13-14H2,1H3,(H,23,24). The summed E-state index contributed by atoms with van der Waals surface area (Å²) in [6.45, 7) is 8.26. The van der Waals surface area contributed by atoms with Crippen LogP contribution in [0.4, 0.5) is 0 Å². The lowest BCUT2D eigenvalue weighted by Gasteiger charge is -2.29. The molecule has 0 radical (unpaired) electrons. The van der Waals surface area contributed by atoms with Gasteiger partial charge in [-0.05, 0) is 53.3 Å². The summed E-state index contributed by atoms with van der Waals surface area (Å²) in [5, 5.41) is 1.20. The van der Waals surface area contributed by atoms with Gasteiger partial charge in [-0.1, -0.05) is 6.07 Å². The predicted octanol–water partition coefficient (Wildman–Crippen LogP) is 3.44. The molecule has 140 valence electrons. The van der Waals surface area contributed by atoms with Crippen LogP contribution in [0.1, 0.15) is 22.3 Å². The van der Waals surface area contributed by atoms with Crippen molar-refractivity contribution >= 4 is 11.0 Å². The van der Waals surface area contributed by atoms with Crippen LogP contribution in [0.15, 0.2) is 30.6 Å². The zero-order valence-electron chi connectivity index (χ0n) is 15.8. The largest absolute Gasteiger partial charge is 0.379 e. The van der Waals surface area contributed by atoms with Crippen LogP contribution in [0, 0.1) is 6.92 Å². The minimum Gasteiger partial charge on any atom is -0.379 e. The Morgan fingerprint density at radius 1 is 1.07 bits per heavy atom. The smallest absolute Gasteiger partial charge is 0.137 e. The van der Waals surface area contributed by atoms with Crippen molar-refractivity contribution in [3.05, 3.63) is 52.8 Å². The van der Waals surface area contributed by atoms with E-state index in [2.05, 4.69) is 40.0 Å².